The van der Waals surface area contributed by atoms with Gasteiger partial charge in [0, 0.05) is 39.4 Å². The summed E-state index contributed by atoms with van der Waals surface area (Å²) in [5.41, 5.74) is 5.70. The third kappa shape index (κ3) is 3.25. The molecule has 0 saturated heterocycles. The van der Waals surface area contributed by atoms with Crippen molar-refractivity contribution >= 4 is 43.8 Å². The van der Waals surface area contributed by atoms with Crippen molar-refractivity contribution in [1.29, 1.82) is 0 Å². The number of benzene rings is 2. The summed E-state index contributed by atoms with van der Waals surface area (Å²) < 4.78 is 1.24. The van der Waals surface area contributed by atoms with Gasteiger partial charge in [0.1, 0.15) is 6.54 Å². The average Bonchev–Trinajstić information content (AvgIpc) is 3.45. The van der Waals surface area contributed by atoms with Gasteiger partial charge in [0.25, 0.3) is 0 Å². The number of ketones is 1. The van der Waals surface area contributed by atoms with E-state index in [1.54, 1.807) is 11.3 Å². The minimum atomic E-state index is 0.164. The lowest BCUT2D eigenvalue weighted by atomic mass is 10.00. The third-order valence-corrected chi connectivity index (χ3v) is 6.15. The lowest BCUT2D eigenvalue weighted by molar-refractivity contribution is 0.0988. The summed E-state index contributed by atoms with van der Waals surface area (Å²) in [6.45, 7) is 2.40. The van der Waals surface area contributed by atoms with Gasteiger partial charge in [-0.3, -0.25) is 9.78 Å². The lowest BCUT2D eigenvalue weighted by Gasteiger charge is -2.09. The van der Waals surface area contributed by atoms with Crippen LogP contribution in [0.25, 0.3) is 21.0 Å². The number of fused-ring (bicyclic) bond motifs is 3. The molecule has 29 heavy (non-hydrogen) atoms. The van der Waals surface area contributed by atoms with Gasteiger partial charge in [0.2, 0.25) is 0 Å². The molecule has 0 aliphatic carbocycles. The molecule has 5 rings (SSSR count). The molecule has 1 aliphatic rings. The van der Waals surface area contributed by atoms with Crippen LogP contribution in [0.3, 0.4) is 0 Å². The molecule has 6 heteroatoms. The van der Waals surface area contributed by atoms with Gasteiger partial charge in [-0.1, -0.05) is 37.3 Å². The minimum absolute atomic E-state index is 0.164. The summed E-state index contributed by atoms with van der Waals surface area (Å²) in [7, 11) is 0. The van der Waals surface area contributed by atoms with E-state index in [0.717, 1.165) is 39.0 Å². The fraction of sp³-hybridized carbons (Fsp3) is 0.174. The molecule has 4 aromatic rings. The molecule has 0 spiro atoms. The first-order chi connectivity index (χ1) is 14.2. The Hall–Kier alpha value is -3.25. The Morgan fingerprint density at radius 1 is 1.10 bits per heavy atom. The SMILES string of the molecule is CCC(=O)c1cccc(Cc2nc3cc(C4=NN=NC4)ccc3c3sccc23)c1. The highest BCUT2D eigenvalue weighted by Crippen LogP contribution is 2.32. The largest absolute Gasteiger partial charge is 0.294 e. The summed E-state index contributed by atoms with van der Waals surface area (Å²) in [5, 5.41) is 16.2. The Labute approximate surface area is 171 Å². The monoisotopic (exact) mass is 398 g/mol. The van der Waals surface area contributed by atoms with Crippen LogP contribution in [-0.4, -0.2) is 23.0 Å². The van der Waals surface area contributed by atoms with Crippen molar-refractivity contribution in [3.63, 3.8) is 0 Å². The van der Waals surface area contributed by atoms with Crippen LogP contribution in [0.1, 0.15) is 40.5 Å². The topological polar surface area (TPSA) is 67.0 Å². The van der Waals surface area contributed by atoms with Crippen molar-refractivity contribution in [2.75, 3.05) is 6.54 Å². The predicted molar refractivity (Wildman–Crippen MR) is 117 cm³/mol. The molecule has 0 saturated carbocycles. The second kappa shape index (κ2) is 7.29. The Balaban J connectivity index is 1.60. The highest BCUT2D eigenvalue weighted by atomic mass is 32.1. The van der Waals surface area contributed by atoms with E-state index in [-0.39, 0.29) is 5.78 Å². The molecule has 5 nitrogen and oxygen atoms in total. The van der Waals surface area contributed by atoms with E-state index in [1.807, 2.05) is 25.1 Å². The fourth-order valence-corrected chi connectivity index (χ4v) is 4.65. The third-order valence-electron chi connectivity index (χ3n) is 5.20. The molecule has 0 N–H and O–H groups in total. The predicted octanol–water partition coefficient (Wildman–Crippen LogP) is 5.80. The molecule has 2 aromatic carbocycles. The van der Waals surface area contributed by atoms with Crippen molar-refractivity contribution in [3.05, 3.63) is 76.3 Å². The molecule has 2 aromatic heterocycles. The number of thiophene rings is 1. The molecule has 0 fully saturated rings. The number of carbonyl (C=O) groups is 1. The fourth-order valence-electron chi connectivity index (χ4n) is 3.70. The van der Waals surface area contributed by atoms with Crippen molar-refractivity contribution in [3.8, 4) is 0 Å². The van der Waals surface area contributed by atoms with Gasteiger partial charge in [-0.05, 0) is 34.4 Å². The minimum Gasteiger partial charge on any atom is -0.294 e. The van der Waals surface area contributed by atoms with Gasteiger partial charge in [-0.15, -0.1) is 16.4 Å². The normalized spacial score (nSPS) is 13.3. The van der Waals surface area contributed by atoms with Crippen LogP contribution in [0.15, 0.2) is 69.3 Å². The molecule has 0 bridgehead atoms. The first-order valence-corrected chi connectivity index (χ1v) is 10.5. The highest BCUT2D eigenvalue weighted by Gasteiger charge is 2.14. The first kappa shape index (κ1) is 17.8. The van der Waals surface area contributed by atoms with Gasteiger partial charge >= 0.3 is 0 Å². The van der Waals surface area contributed by atoms with E-state index in [4.69, 9.17) is 4.98 Å². The number of Topliss-reactive ketones (excluding diaryl/α,β-unsaturated/α-hetero) is 1. The van der Waals surface area contributed by atoms with Gasteiger partial charge in [0.05, 0.1) is 16.9 Å². The van der Waals surface area contributed by atoms with E-state index in [2.05, 4.69) is 51.2 Å². The lowest BCUT2D eigenvalue weighted by Crippen LogP contribution is -2.02. The molecule has 0 amide bonds. The number of hydrogen-bond acceptors (Lipinski definition) is 6. The molecule has 0 atom stereocenters. The summed E-state index contributed by atoms with van der Waals surface area (Å²) >= 11 is 1.73. The van der Waals surface area contributed by atoms with E-state index >= 15 is 0 Å². The number of aromatic nitrogens is 1. The molecule has 3 heterocycles. The highest BCUT2D eigenvalue weighted by molar-refractivity contribution is 7.18. The molecule has 0 unspecified atom stereocenters. The van der Waals surface area contributed by atoms with Gasteiger partial charge in [-0.25, -0.2) is 0 Å². The average molecular weight is 398 g/mol. The Kier molecular flexibility index (Phi) is 4.48. The van der Waals surface area contributed by atoms with Crippen LogP contribution in [0.2, 0.25) is 0 Å². The zero-order valence-electron chi connectivity index (χ0n) is 15.9. The molecular formula is C23H18N4OS. The van der Waals surface area contributed by atoms with E-state index in [0.29, 0.717) is 19.4 Å². The van der Waals surface area contributed by atoms with Gasteiger partial charge < -0.3 is 0 Å². The van der Waals surface area contributed by atoms with Gasteiger partial charge in [-0.2, -0.15) is 5.11 Å². The van der Waals surface area contributed by atoms with Crippen LogP contribution < -0.4 is 0 Å². The second-order valence-corrected chi connectivity index (χ2v) is 7.96. The molecular weight excluding hydrogens is 380 g/mol. The maximum atomic E-state index is 12.1. The van der Waals surface area contributed by atoms with E-state index < -0.39 is 0 Å². The smallest absolute Gasteiger partial charge is 0.162 e. The number of hydrogen-bond donors (Lipinski definition) is 0. The summed E-state index contributed by atoms with van der Waals surface area (Å²) in [5.74, 6) is 0.164. The quantitative estimate of drug-likeness (QED) is 0.399. The summed E-state index contributed by atoms with van der Waals surface area (Å²) in [4.78, 5) is 17.1. The number of nitrogens with zero attached hydrogens (tertiary/aromatic N) is 4. The Bertz CT molecular complexity index is 1320. The van der Waals surface area contributed by atoms with Crippen LogP contribution >= 0.6 is 11.3 Å². The van der Waals surface area contributed by atoms with Gasteiger partial charge in [0.15, 0.2) is 5.78 Å². The van der Waals surface area contributed by atoms with E-state index in [9.17, 15) is 4.79 Å². The molecule has 1 aliphatic heterocycles. The number of pyridine rings is 1. The van der Waals surface area contributed by atoms with Crippen molar-refractivity contribution in [2.45, 2.75) is 19.8 Å². The number of rotatable bonds is 5. The second-order valence-electron chi connectivity index (χ2n) is 7.04. The van der Waals surface area contributed by atoms with Crippen LogP contribution in [0, 0.1) is 0 Å². The van der Waals surface area contributed by atoms with Crippen LogP contribution in [-0.2, 0) is 6.42 Å². The first-order valence-electron chi connectivity index (χ1n) is 9.58. The summed E-state index contributed by atoms with van der Waals surface area (Å²) in [6.07, 6.45) is 1.20. The van der Waals surface area contributed by atoms with Crippen molar-refractivity contribution < 1.29 is 4.79 Å². The molecule has 142 valence electrons. The number of carbonyl (C=O) groups excluding carboxylic acids is 1. The van der Waals surface area contributed by atoms with Crippen molar-refractivity contribution in [1.82, 2.24) is 4.98 Å². The van der Waals surface area contributed by atoms with Crippen molar-refractivity contribution in [2.24, 2.45) is 15.4 Å². The summed E-state index contributed by atoms with van der Waals surface area (Å²) in [6, 6.07) is 16.3. The molecule has 0 radical (unpaired) electrons. The maximum Gasteiger partial charge on any atom is 0.162 e. The zero-order valence-corrected chi connectivity index (χ0v) is 16.7. The van der Waals surface area contributed by atoms with Crippen LogP contribution in [0.4, 0.5) is 0 Å². The van der Waals surface area contributed by atoms with Crippen LogP contribution in [0.5, 0.6) is 0 Å². The van der Waals surface area contributed by atoms with E-state index in [1.165, 1.54) is 10.1 Å². The maximum absolute atomic E-state index is 12.1. The Morgan fingerprint density at radius 2 is 2.03 bits per heavy atom. The zero-order chi connectivity index (χ0) is 19.8. The standard InChI is InChI=1S/C23H18N4OS/c1-2-22(28)16-5-3-4-14(10-16)11-19-18-8-9-29-23(18)17-7-6-15(12-20(17)25-19)21-13-24-27-26-21/h3-10,12H,2,11,13H2,1H3. The Morgan fingerprint density at radius 3 is 2.86 bits per heavy atom.